The summed E-state index contributed by atoms with van der Waals surface area (Å²) in [5.74, 6) is -0.918. The fourth-order valence-electron chi connectivity index (χ4n) is 1.87. The second-order valence-corrected chi connectivity index (χ2v) is 5.62. The number of likely N-dealkylation sites (N-methyl/N-ethyl adjacent to an activating group) is 1. The molecule has 0 saturated carbocycles. The Morgan fingerprint density at radius 3 is 2.70 bits per heavy atom. The number of ether oxygens (including phenoxy) is 2. The molecular weight excluding hydrogens is 318 g/mol. The van der Waals surface area contributed by atoms with E-state index in [0.29, 0.717) is 12.3 Å². The lowest BCUT2D eigenvalue weighted by Gasteiger charge is -2.16. The number of methoxy groups -OCH3 is 1. The lowest BCUT2D eigenvalue weighted by atomic mass is 10.2. The topological polar surface area (TPSA) is 76.1 Å². The molecular formula is C16H17NO5S. The highest BCUT2D eigenvalue weighted by molar-refractivity contribution is 7.07. The van der Waals surface area contributed by atoms with Gasteiger partial charge in [-0.3, -0.25) is 4.79 Å². The standard InChI is InChI=1S/C16H17NO5S/c1-17(8-11-5-6-23-10-11)15(19)9-22-16(20)13-4-3-12(21-2)7-14(13)18/h3-7,10,18H,8-9H2,1-2H3. The number of nitrogens with zero attached hydrogens (tertiary/aromatic N) is 1. The third-order valence-corrected chi connectivity index (χ3v) is 3.91. The van der Waals surface area contributed by atoms with Crippen molar-refractivity contribution in [3.63, 3.8) is 0 Å². The maximum absolute atomic E-state index is 12.0. The van der Waals surface area contributed by atoms with Crippen molar-refractivity contribution in [2.75, 3.05) is 20.8 Å². The SMILES string of the molecule is COc1ccc(C(=O)OCC(=O)N(C)Cc2ccsc2)c(O)c1. The predicted molar refractivity (Wildman–Crippen MR) is 85.7 cm³/mol. The summed E-state index contributed by atoms with van der Waals surface area (Å²) in [5, 5.41) is 13.6. The van der Waals surface area contributed by atoms with Gasteiger partial charge >= 0.3 is 5.97 Å². The largest absolute Gasteiger partial charge is 0.507 e. The number of esters is 1. The summed E-state index contributed by atoms with van der Waals surface area (Å²) in [6.07, 6.45) is 0. The second kappa shape index (κ2) is 7.64. The van der Waals surface area contributed by atoms with Gasteiger partial charge in [-0.1, -0.05) is 0 Å². The van der Waals surface area contributed by atoms with Gasteiger partial charge in [0.15, 0.2) is 6.61 Å². The summed E-state index contributed by atoms with van der Waals surface area (Å²) < 4.78 is 9.89. The van der Waals surface area contributed by atoms with E-state index < -0.39 is 5.97 Å². The van der Waals surface area contributed by atoms with E-state index in [1.807, 2.05) is 16.8 Å². The van der Waals surface area contributed by atoms with Crippen molar-refractivity contribution in [2.45, 2.75) is 6.54 Å². The zero-order valence-corrected chi connectivity index (χ0v) is 13.6. The van der Waals surface area contributed by atoms with E-state index in [-0.39, 0.29) is 23.8 Å². The van der Waals surface area contributed by atoms with Gasteiger partial charge in [-0.05, 0) is 34.5 Å². The van der Waals surface area contributed by atoms with Crippen molar-refractivity contribution in [3.8, 4) is 11.5 Å². The number of thiophene rings is 1. The molecule has 1 heterocycles. The van der Waals surface area contributed by atoms with Crippen LogP contribution in [0.5, 0.6) is 11.5 Å². The van der Waals surface area contributed by atoms with Crippen LogP contribution in [0.4, 0.5) is 0 Å². The van der Waals surface area contributed by atoms with Gasteiger partial charge in [0.1, 0.15) is 17.1 Å². The predicted octanol–water partition coefficient (Wildman–Crippen LogP) is 2.28. The molecule has 1 aromatic carbocycles. The molecule has 1 N–H and O–H groups in total. The first-order chi connectivity index (χ1) is 11.0. The van der Waals surface area contributed by atoms with Crippen LogP contribution in [0.15, 0.2) is 35.0 Å². The molecule has 1 amide bonds. The van der Waals surface area contributed by atoms with Crippen LogP contribution in [0.1, 0.15) is 15.9 Å². The van der Waals surface area contributed by atoms with E-state index >= 15 is 0 Å². The molecule has 6 nitrogen and oxygen atoms in total. The number of hydrogen-bond acceptors (Lipinski definition) is 6. The highest BCUT2D eigenvalue weighted by atomic mass is 32.1. The summed E-state index contributed by atoms with van der Waals surface area (Å²) >= 11 is 1.55. The molecule has 0 saturated heterocycles. The van der Waals surface area contributed by atoms with Gasteiger partial charge in [0.25, 0.3) is 5.91 Å². The van der Waals surface area contributed by atoms with Crippen molar-refractivity contribution < 1.29 is 24.2 Å². The zero-order chi connectivity index (χ0) is 16.8. The van der Waals surface area contributed by atoms with Crippen molar-refractivity contribution in [2.24, 2.45) is 0 Å². The molecule has 0 spiro atoms. The van der Waals surface area contributed by atoms with Crippen molar-refractivity contribution in [3.05, 3.63) is 46.2 Å². The minimum Gasteiger partial charge on any atom is -0.507 e. The summed E-state index contributed by atoms with van der Waals surface area (Å²) in [6.45, 7) is 0.0681. The Morgan fingerprint density at radius 2 is 2.09 bits per heavy atom. The van der Waals surface area contributed by atoms with Crippen LogP contribution >= 0.6 is 11.3 Å². The Balaban J connectivity index is 1.89. The number of phenols is 1. The van der Waals surface area contributed by atoms with Crippen molar-refractivity contribution in [1.82, 2.24) is 4.90 Å². The number of amides is 1. The van der Waals surface area contributed by atoms with Crippen molar-refractivity contribution >= 4 is 23.2 Å². The molecule has 122 valence electrons. The first-order valence-electron chi connectivity index (χ1n) is 6.80. The highest BCUT2D eigenvalue weighted by Crippen LogP contribution is 2.23. The third-order valence-electron chi connectivity index (χ3n) is 3.18. The normalized spacial score (nSPS) is 10.2. The Kier molecular flexibility index (Phi) is 5.59. The van der Waals surface area contributed by atoms with E-state index in [1.54, 1.807) is 18.4 Å². The average Bonchev–Trinajstić information content (AvgIpc) is 3.04. The van der Waals surface area contributed by atoms with Crippen LogP contribution in [-0.2, 0) is 16.1 Å². The van der Waals surface area contributed by atoms with Crippen LogP contribution in [-0.4, -0.2) is 42.6 Å². The molecule has 0 atom stereocenters. The minimum atomic E-state index is -0.762. The van der Waals surface area contributed by atoms with Crippen LogP contribution in [0.3, 0.4) is 0 Å². The van der Waals surface area contributed by atoms with Crippen LogP contribution in [0.25, 0.3) is 0 Å². The van der Waals surface area contributed by atoms with Gasteiger partial charge in [0.2, 0.25) is 0 Å². The number of benzene rings is 1. The molecule has 2 rings (SSSR count). The number of aromatic hydroxyl groups is 1. The van der Waals surface area contributed by atoms with E-state index in [9.17, 15) is 14.7 Å². The second-order valence-electron chi connectivity index (χ2n) is 4.84. The average molecular weight is 335 g/mol. The molecule has 0 fully saturated rings. The Labute approximate surface area is 137 Å². The number of phenolic OH excluding ortho intramolecular Hbond substituents is 1. The summed E-state index contributed by atoms with van der Waals surface area (Å²) in [7, 11) is 3.09. The Bertz CT molecular complexity index is 684. The molecule has 7 heteroatoms. The van der Waals surface area contributed by atoms with E-state index in [0.717, 1.165) is 5.56 Å². The lowest BCUT2D eigenvalue weighted by molar-refractivity contribution is -0.133. The summed E-state index contributed by atoms with van der Waals surface area (Å²) in [6, 6.07) is 6.15. The van der Waals surface area contributed by atoms with E-state index in [4.69, 9.17) is 9.47 Å². The molecule has 1 aromatic heterocycles. The Hall–Kier alpha value is -2.54. The van der Waals surface area contributed by atoms with Gasteiger partial charge < -0.3 is 19.5 Å². The fourth-order valence-corrected chi connectivity index (χ4v) is 2.53. The maximum Gasteiger partial charge on any atom is 0.342 e. The smallest absolute Gasteiger partial charge is 0.342 e. The molecule has 0 radical (unpaired) electrons. The van der Waals surface area contributed by atoms with Crippen LogP contribution in [0, 0.1) is 0 Å². The maximum atomic E-state index is 12.0. The lowest BCUT2D eigenvalue weighted by Crippen LogP contribution is -2.30. The third kappa shape index (κ3) is 4.46. The number of carbonyl (C=O) groups is 2. The number of carbonyl (C=O) groups excluding carboxylic acids is 2. The molecule has 0 unspecified atom stereocenters. The van der Waals surface area contributed by atoms with Gasteiger partial charge in [-0.2, -0.15) is 11.3 Å². The Morgan fingerprint density at radius 1 is 1.30 bits per heavy atom. The van der Waals surface area contributed by atoms with Crippen molar-refractivity contribution in [1.29, 1.82) is 0 Å². The zero-order valence-electron chi connectivity index (χ0n) is 12.8. The summed E-state index contributed by atoms with van der Waals surface area (Å²) in [4.78, 5) is 25.4. The van der Waals surface area contributed by atoms with Gasteiger partial charge in [0, 0.05) is 19.7 Å². The summed E-state index contributed by atoms with van der Waals surface area (Å²) in [5.41, 5.74) is 1.00. The monoisotopic (exact) mass is 335 g/mol. The first-order valence-corrected chi connectivity index (χ1v) is 7.74. The molecule has 23 heavy (non-hydrogen) atoms. The van der Waals surface area contributed by atoms with E-state index in [1.165, 1.54) is 30.2 Å². The van der Waals surface area contributed by atoms with Crippen LogP contribution in [0.2, 0.25) is 0 Å². The number of rotatable bonds is 6. The fraction of sp³-hybridized carbons (Fsp3) is 0.250. The quantitative estimate of drug-likeness (QED) is 0.820. The minimum absolute atomic E-state index is 0.0147. The highest BCUT2D eigenvalue weighted by Gasteiger charge is 2.17. The van der Waals surface area contributed by atoms with Gasteiger partial charge in [-0.25, -0.2) is 4.79 Å². The molecule has 0 aliphatic carbocycles. The number of hydrogen-bond donors (Lipinski definition) is 1. The molecule has 0 bridgehead atoms. The van der Waals surface area contributed by atoms with Gasteiger partial charge in [0.05, 0.1) is 7.11 Å². The molecule has 0 aliphatic rings. The van der Waals surface area contributed by atoms with Gasteiger partial charge in [-0.15, -0.1) is 0 Å². The molecule has 2 aromatic rings. The molecule has 0 aliphatic heterocycles. The first kappa shape index (κ1) is 16.8. The van der Waals surface area contributed by atoms with Crippen LogP contribution < -0.4 is 4.74 Å². The van der Waals surface area contributed by atoms with E-state index in [2.05, 4.69) is 0 Å².